The summed E-state index contributed by atoms with van der Waals surface area (Å²) in [6.45, 7) is 4.90. The van der Waals surface area contributed by atoms with Crippen LogP contribution in [0.1, 0.15) is 36.2 Å². The Balaban J connectivity index is 1.54. The van der Waals surface area contributed by atoms with Crippen LogP contribution in [0.2, 0.25) is 0 Å². The number of benzene rings is 2. The number of nitrogens with one attached hydrogen (secondary N) is 1. The van der Waals surface area contributed by atoms with Crippen molar-refractivity contribution in [1.29, 1.82) is 0 Å². The molecule has 3 amide bonds. The van der Waals surface area contributed by atoms with Crippen molar-refractivity contribution in [3.63, 3.8) is 0 Å². The monoisotopic (exact) mass is 487 g/mol. The summed E-state index contributed by atoms with van der Waals surface area (Å²) in [5, 5.41) is 2.49. The number of hydrogen-bond acceptors (Lipinski definition) is 4. The molecule has 0 saturated carbocycles. The maximum absolute atomic E-state index is 14.0. The lowest BCUT2D eigenvalue weighted by atomic mass is 10.0. The average Bonchev–Trinajstić information content (AvgIpc) is 2.85. The molecule has 1 fully saturated rings. The van der Waals surface area contributed by atoms with Gasteiger partial charge < -0.3 is 19.9 Å². The van der Waals surface area contributed by atoms with Crippen LogP contribution < -0.4 is 10.1 Å². The van der Waals surface area contributed by atoms with E-state index in [4.69, 9.17) is 4.74 Å². The highest BCUT2D eigenvalue weighted by molar-refractivity contribution is 5.98. The van der Waals surface area contributed by atoms with Crippen molar-refractivity contribution in [2.45, 2.75) is 32.7 Å². The summed E-state index contributed by atoms with van der Waals surface area (Å²) < 4.78 is 33.1. The summed E-state index contributed by atoms with van der Waals surface area (Å²) in [5.74, 6) is -2.81. The smallest absolute Gasteiger partial charge is 0.257 e. The molecule has 1 heterocycles. The van der Waals surface area contributed by atoms with E-state index in [1.54, 1.807) is 30.8 Å². The van der Waals surface area contributed by atoms with Crippen molar-refractivity contribution in [2.24, 2.45) is 5.92 Å². The van der Waals surface area contributed by atoms with Gasteiger partial charge in [0.15, 0.2) is 0 Å². The van der Waals surface area contributed by atoms with Gasteiger partial charge in [-0.2, -0.15) is 0 Å². The summed E-state index contributed by atoms with van der Waals surface area (Å²) >= 11 is 0. The van der Waals surface area contributed by atoms with E-state index in [1.165, 1.54) is 6.07 Å². The van der Waals surface area contributed by atoms with Gasteiger partial charge in [-0.25, -0.2) is 8.78 Å². The van der Waals surface area contributed by atoms with Crippen molar-refractivity contribution in [3.8, 4) is 5.75 Å². The number of halogens is 2. The Labute approximate surface area is 204 Å². The maximum atomic E-state index is 14.0. The van der Waals surface area contributed by atoms with Gasteiger partial charge in [0.05, 0.1) is 7.11 Å². The number of piperazine rings is 1. The first-order valence-corrected chi connectivity index (χ1v) is 11.7. The first-order chi connectivity index (χ1) is 16.7. The molecule has 1 aliphatic heterocycles. The number of hydrogen-bond donors (Lipinski definition) is 1. The van der Waals surface area contributed by atoms with Crippen LogP contribution >= 0.6 is 0 Å². The van der Waals surface area contributed by atoms with Crippen molar-refractivity contribution < 1.29 is 27.9 Å². The molecule has 9 heteroatoms. The fourth-order valence-electron chi connectivity index (χ4n) is 4.02. The van der Waals surface area contributed by atoms with Crippen LogP contribution in [0.5, 0.6) is 5.75 Å². The SMILES string of the molecule is COc1ccc(CCC(=O)N2CCN(C(=O)C(NC(=O)c3c(F)cccc3F)C(C)C)CC2)cc1. The number of methoxy groups -OCH3 is 1. The Kier molecular flexibility index (Phi) is 8.78. The zero-order chi connectivity index (χ0) is 25.5. The van der Waals surface area contributed by atoms with Gasteiger partial charge in [-0.1, -0.05) is 32.0 Å². The molecule has 0 aromatic heterocycles. The summed E-state index contributed by atoms with van der Waals surface area (Å²) in [5.41, 5.74) is 0.327. The van der Waals surface area contributed by atoms with Gasteiger partial charge >= 0.3 is 0 Å². The maximum Gasteiger partial charge on any atom is 0.257 e. The summed E-state index contributed by atoms with van der Waals surface area (Å²) in [6, 6.07) is 9.78. The van der Waals surface area contributed by atoms with E-state index in [0.29, 0.717) is 39.0 Å². The van der Waals surface area contributed by atoms with Crippen LogP contribution in [-0.4, -0.2) is 66.9 Å². The predicted molar refractivity (Wildman–Crippen MR) is 127 cm³/mol. The third-order valence-corrected chi connectivity index (χ3v) is 6.14. The normalized spacial score (nSPS) is 14.6. The number of rotatable bonds is 8. The molecule has 1 saturated heterocycles. The van der Waals surface area contributed by atoms with Gasteiger partial charge in [0.25, 0.3) is 5.91 Å². The molecule has 2 aromatic rings. The van der Waals surface area contributed by atoms with Crippen molar-refractivity contribution in [3.05, 3.63) is 65.2 Å². The molecule has 0 spiro atoms. The van der Waals surface area contributed by atoms with Crippen LogP contribution in [-0.2, 0) is 16.0 Å². The van der Waals surface area contributed by atoms with Gasteiger partial charge in [0.1, 0.15) is 29.0 Å². The van der Waals surface area contributed by atoms with Crippen LogP contribution in [0.4, 0.5) is 8.78 Å². The lowest BCUT2D eigenvalue weighted by Gasteiger charge is -2.37. The van der Waals surface area contributed by atoms with Gasteiger partial charge in [0, 0.05) is 32.6 Å². The lowest BCUT2D eigenvalue weighted by Crippen LogP contribution is -2.57. The second-order valence-electron chi connectivity index (χ2n) is 8.85. The second kappa shape index (κ2) is 11.8. The Hall–Kier alpha value is -3.49. The van der Waals surface area contributed by atoms with E-state index in [-0.39, 0.29) is 17.7 Å². The Morgan fingerprint density at radius 3 is 2.06 bits per heavy atom. The highest BCUT2D eigenvalue weighted by Crippen LogP contribution is 2.16. The third-order valence-electron chi connectivity index (χ3n) is 6.14. The largest absolute Gasteiger partial charge is 0.497 e. The summed E-state index contributed by atoms with van der Waals surface area (Å²) in [6.07, 6.45) is 0.967. The molecular weight excluding hydrogens is 456 g/mol. The summed E-state index contributed by atoms with van der Waals surface area (Å²) in [4.78, 5) is 41.6. The molecule has 2 aromatic carbocycles. The van der Waals surface area contributed by atoms with Gasteiger partial charge in [-0.15, -0.1) is 0 Å². The van der Waals surface area contributed by atoms with E-state index >= 15 is 0 Å². The van der Waals surface area contributed by atoms with Crippen molar-refractivity contribution >= 4 is 17.7 Å². The molecule has 1 aliphatic rings. The molecule has 35 heavy (non-hydrogen) atoms. The second-order valence-corrected chi connectivity index (χ2v) is 8.85. The minimum Gasteiger partial charge on any atom is -0.497 e. The number of aryl methyl sites for hydroxylation is 1. The average molecular weight is 488 g/mol. The molecule has 0 aliphatic carbocycles. The van der Waals surface area contributed by atoms with Crippen molar-refractivity contribution in [2.75, 3.05) is 33.3 Å². The predicted octanol–water partition coefficient (Wildman–Crippen LogP) is 3.03. The number of ether oxygens (including phenoxy) is 1. The van der Waals surface area contributed by atoms with Gasteiger partial charge in [-0.3, -0.25) is 14.4 Å². The molecule has 0 radical (unpaired) electrons. The number of nitrogens with zero attached hydrogens (tertiary/aromatic N) is 2. The minimum absolute atomic E-state index is 0.0108. The minimum atomic E-state index is -0.987. The molecule has 7 nitrogen and oxygen atoms in total. The highest BCUT2D eigenvalue weighted by atomic mass is 19.1. The lowest BCUT2D eigenvalue weighted by molar-refractivity contribution is -0.141. The van der Waals surface area contributed by atoms with Crippen molar-refractivity contribution in [1.82, 2.24) is 15.1 Å². The van der Waals surface area contributed by atoms with Gasteiger partial charge in [0.2, 0.25) is 11.8 Å². The van der Waals surface area contributed by atoms with E-state index in [0.717, 1.165) is 23.4 Å². The highest BCUT2D eigenvalue weighted by Gasteiger charge is 2.32. The number of amides is 3. The van der Waals surface area contributed by atoms with Gasteiger partial charge in [-0.05, 0) is 42.2 Å². The molecule has 1 atom stereocenters. The fourth-order valence-corrected chi connectivity index (χ4v) is 4.02. The quantitative estimate of drug-likeness (QED) is 0.621. The standard InChI is InChI=1S/C26H31F2N3O4/c1-17(2)24(29-25(33)23-20(27)5-4-6-21(23)28)26(34)31-15-13-30(14-16-31)22(32)12-9-18-7-10-19(35-3)11-8-18/h4-8,10-11,17,24H,9,12-16H2,1-3H3,(H,29,33). The van der Waals surface area contributed by atoms with Crippen LogP contribution in [0.15, 0.2) is 42.5 Å². The Morgan fingerprint density at radius 2 is 1.51 bits per heavy atom. The van der Waals surface area contributed by atoms with E-state index in [9.17, 15) is 23.2 Å². The molecule has 0 bridgehead atoms. The van der Waals surface area contributed by atoms with Crippen LogP contribution in [0, 0.1) is 17.6 Å². The first kappa shape index (κ1) is 26.1. The molecule has 1 N–H and O–H groups in total. The molecule has 3 rings (SSSR count). The van der Waals surface area contributed by atoms with Crippen LogP contribution in [0.25, 0.3) is 0 Å². The number of carbonyl (C=O) groups is 3. The topological polar surface area (TPSA) is 79.0 Å². The zero-order valence-electron chi connectivity index (χ0n) is 20.2. The van der Waals surface area contributed by atoms with Crippen LogP contribution in [0.3, 0.4) is 0 Å². The number of carbonyl (C=O) groups excluding carboxylic acids is 3. The molecule has 188 valence electrons. The van der Waals surface area contributed by atoms with E-state index in [2.05, 4.69) is 5.32 Å². The van der Waals surface area contributed by atoms with E-state index in [1.807, 2.05) is 24.3 Å². The Morgan fingerprint density at radius 1 is 0.943 bits per heavy atom. The molecule has 1 unspecified atom stereocenters. The molecular formula is C26H31F2N3O4. The first-order valence-electron chi connectivity index (χ1n) is 11.7. The summed E-state index contributed by atoms with van der Waals surface area (Å²) in [7, 11) is 1.60. The van der Waals surface area contributed by atoms with E-state index < -0.39 is 29.1 Å². The zero-order valence-corrected chi connectivity index (χ0v) is 20.2. The Bertz CT molecular complexity index is 1030. The fraction of sp³-hybridized carbons (Fsp3) is 0.423. The third kappa shape index (κ3) is 6.55.